The second-order valence-electron chi connectivity index (χ2n) is 4.80. The molecule has 0 saturated heterocycles. The summed E-state index contributed by atoms with van der Waals surface area (Å²) in [6.07, 6.45) is 0.773. The minimum absolute atomic E-state index is 0.180. The number of amides is 1. The Balaban J connectivity index is 2.48. The highest BCUT2D eigenvalue weighted by Gasteiger charge is 2.27. The first-order valence-corrected chi connectivity index (χ1v) is 6.27. The lowest BCUT2D eigenvalue weighted by Crippen LogP contribution is -2.52. The maximum Gasteiger partial charge on any atom is 0.239 e. The molecule has 0 aromatic heterocycles. The first-order valence-electron chi connectivity index (χ1n) is 6.27. The number of nitrogens with two attached hydrogens (primary N) is 1. The van der Waals surface area contributed by atoms with E-state index >= 15 is 0 Å². The van der Waals surface area contributed by atoms with Crippen LogP contribution in [0.2, 0.25) is 0 Å². The van der Waals surface area contributed by atoms with Gasteiger partial charge in [0.25, 0.3) is 0 Å². The lowest BCUT2D eigenvalue weighted by atomic mass is 9.96. The summed E-state index contributed by atoms with van der Waals surface area (Å²) in [6.45, 7) is 3.87. The van der Waals surface area contributed by atoms with Gasteiger partial charge in [-0.15, -0.1) is 0 Å². The highest BCUT2D eigenvalue weighted by Crippen LogP contribution is 2.12. The largest absolute Gasteiger partial charge is 0.387 e. The van der Waals surface area contributed by atoms with Gasteiger partial charge >= 0.3 is 0 Å². The van der Waals surface area contributed by atoms with Crippen LogP contribution in [-0.2, 0) is 4.79 Å². The number of benzene rings is 1. The molecule has 0 aliphatic heterocycles. The Morgan fingerprint density at radius 1 is 1.44 bits per heavy atom. The molecule has 4 N–H and O–H groups in total. The summed E-state index contributed by atoms with van der Waals surface area (Å²) in [5.74, 6) is -0.223. The fourth-order valence-corrected chi connectivity index (χ4v) is 1.82. The number of nitrogens with one attached hydrogen (secondary N) is 1. The van der Waals surface area contributed by atoms with E-state index in [4.69, 9.17) is 5.73 Å². The van der Waals surface area contributed by atoms with Crippen LogP contribution in [-0.4, -0.2) is 23.1 Å². The maximum absolute atomic E-state index is 11.8. The van der Waals surface area contributed by atoms with E-state index in [-0.39, 0.29) is 12.5 Å². The van der Waals surface area contributed by atoms with E-state index in [1.54, 1.807) is 6.92 Å². The van der Waals surface area contributed by atoms with Gasteiger partial charge in [-0.05, 0) is 18.9 Å². The van der Waals surface area contributed by atoms with E-state index in [1.165, 1.54) is 0 Å². The third kappa shape index (κ3) is 4.13. The number of rotatable bonds is 6. The van der Waals surface area contributed by atoms with E-state index in [9.17, 15) is 9.90 Å². The van der Waals surface area contributed by atoms with Gasteiger partial charge in [-0.3, -0.25) is 4.79 Å². The monoisotopic (exact) mass is 250 g/mol. The standard InChI is InChI=1S/C14H22N2O2/c1-3-9-14(2,15)13(18)16-10-12(17)11-7-5-4-6-8-11/h4-8,12,17H,3,9-10,15H2,1-2H3,(H,16,18). The molecule has 100 valence electrons. The van der Waals surface area contributed by atoms with Crippen molar-refractivity contribution in [2.45, 2.75) is 38.3 Å². The zero-order valence-electron chi connectivity index (χ0n) is 11.0. The van der Waals surface area contributed by atoms with Gasteiger partial charge in [0.15, 0.2) is 0 Å². The summed E-state index contributed by atoms with van der Waals surface area (Å²) in [6, 6.07) is 9.23. The lowest BCUT2D eigenvalue weighted by molar-refractivity contribution is -0.126. The van der Waals surface area contributed by atoms with Gasteiger partial charge < -0.3 is 16.2 Å². The molecule has 0 bridgehead atoms. The number of aliphatic hydroxyl groups is 1. The summed E-state index contributed by atoms with van der Waals surface area (Å²) in [5.41, 5.74) is 5.82. The molecule has 0 aliphatic rings. The van der Waals surface area contributed by atoms with Crippen molar-refractivity contribution in [2.24, 2.45) is 5.73 Å². The molecule has 1 aromatic carbocycles. The van der Waals surface area contributed by atoms with E-state index in [1.807, 2.05) is 37.3 Å². The van der Waals surface area contributed by atoms with Crippen molar-refractivity contribution < 1.29 is 9.90 Å². The SMILES string of the molecule is CCCC(C)(N)C(=O)NCC(O)c1ccccc1. The molecule has 0 aliphatic carbocycles. The molecule has 0 spiro atoms. The summed E-state index contributed by atoms with van der Waals surface area (Å²) in [7, 11) is 0. The number of carbonyl (C=O) groups excluding carboxylic acids is 1. The van der Waals surface area contributed by atoms with E-state index < -0.39 is 11.6 Å². The predicted molar refractivity (Wildman–Crippen MR) is 71.9 cm³/mol. The summed E-state index contributed by atoms with van der Waals surface area (Å²) >= 11 is 0. The molecule has 4 nitrogen and oxygen atoms in total. The fraction of sp³-hybridized carbons (Fsp3) is 0.500. The lowest BCUT2D eigenvalue weighted by Gasteiger charge is -2.23. The van der Waals surface area contributed by atoms with Crippen molar-refractivity contribution in [3.63, 3.8) is 0 Å². The Morgan fingerprint density at radius 3 is 2.61 bits per heavy atom. The first-order chi connectivity index (χ1) is 8.47. The first kappa shape index (κ1) is 14.7. The minimum Gasteiger partial charge on any atom is -0.387 e. The molecule has 0 fully saturated rings. The van der Waals surface area contributed by atoms with Crippen molar-refractivity contribution in [2.75, 3.05) is 6.54 Å². The zero-order valence-corrected chi connectivity index (χ0v) is 11.0. The van der Waals surface area contributed by atoms with Crippen LogP contribution in [0.1, 0.15) is 38.4 Å². The molecular formula is C14H22N2O2. The van der Waals surface area contributed by atoms with E-state index in [2.05, 4.69) is 5.32 Å². The van der Waals surface area contributed by atoms with Crippen molar-refractivity contribution >= 4 is 5.91 Å². The molecule has 1 aromatic rings. The van der Waals surface area contributed by atoms with Gasteiger partial charge in [-0.25, -0.2) is 0 Å². The highest BCUT2D eigenvalue weighted by molar-refractivity contribution is 5.85. The molecule has 0 heterocycles. The predicted octanol–water partition coefficient (Wildman–Crippen LogP) is 1.35. The summed E-state index contributed by atoms with van der Waals surface area (Å²) < 4.78 is 0. The third-order valence-electron chi connectivity index (χ3n) is 2.93. The van der Waals surface area contributed by atoms with Crippen molar-refractivity contribution in [3.05, 3.63) is 35.9 Å². The average molecular weight is 250 g/mol. The Labute approximate surface area is 108 Å². The van der Waals surface area contributed by atoms with E-state index in [0.29, 0.717) is 6.42 Å². The zero-order chi connectivity index (χ0) is 13.6. The molecule has 0 radical (unpaired) electrons. The third-order valence-corrected chi connectivity index (χ3v) is 2.93. The van der Waals surface area contributed by atoms with Gasteiger partial charge in [0.2, 0.25) is 5.91 Å². The van der Waals surface area contributed by atoms with Crippen LogP contribution in [0.3, 0.4) is 0 Å². The average Bonchev–Trinajstić information content (AvgIpc) is 2.36. The maximum atomic E-state index is 11.8. The summed E-state index contributed by atoms with van der Waals surface area (Å²) in [4.78, 5) is 11.8. The summed E-state index contributed by atoms with van der Waals surface area (Å²) in [5, 5.41) is 12.6. The van der Waals surface area contributed by atoms with Crippen molar-refractivity contribution in [1.82, 2.24) is 5.32 Å². The molecule has 4 heteroatoms. The second kappa shape index (κ2) is 6.52. The van der Waals surface area contributed by atoms with Gasteiger partial charge in [0.1, 0.15) is 0 Å². The Kier molecular flexibility index (Phi) is 5.31. The number of carbonyl (C=O) groups is 1. The van der Waals surface area contributed by atoms with Crippen LogP contribution >= 0.6 is 0 Å². The van der Waals surface area contributed by atoms with Crippen molar-refractivity contribution in [1.29, 1.82) is 0 Å². The van der Waals surface area contributed by atoms with E-state index in [0.717, 1.165) is 12.0 Å². The van der Waals surface area contributed by atoms with Crippen LogP contribution in [0.5, 0.6) is 0 Å². The van der Waals surface area contributed by atoms with Gasteiger partial charge in [-0.2, -0.15) is 0 Å². The van der Waals surface area contributed by atoms with Crippen molar-refractivity contribution in [3.8, 4) is 0 Å². The van der Waals surface area contributed by atoms with Crippen LogP contribution in [0.4, 0.5) is 0 Å². The van der Waals surface area contributed by atoms with Gasteiger partial charge in [0.05, 0.1) is 11.6 Å². The van der Waals surface area contributed by atoms with Crippen LogP contribution in [0.25, 0.3) is 0 Å². The number of aliphatic hydroxyl groups excluding tert-OH is 1. The minimum atomic E-state index is -0.870. The number of hydrogen-bond acceptors (Lipinski definition) is 3. The topological polar surface area (TPSA) is 75.4 Å². The molecule has 1 amide bonds. The van der Waals surface area contributed by atoms with Gasteiger partial charge in [0, 0.05) is 6.54 Å². The molecule has 2 atom stereocenters. The number of hydrogen-bond donors (Lipinski definition) is 3. The fourth-order valence-electron chi connectivity index (χ4n) is 1.82. The Bertz CT molecular complexity index is 377. The van der Waals surface area contributed by atoms with Crippen LogP contribution < -0.4 is 11.1 Å². The highest BCUT2D eigenvalue weighted by atomic mass is 16.3. The Morgan fingerprint density at radius 2 is 2.06 bits per heavy atom. The Hall–Kier alpha value is -1.39. The smallest absolute Gasteiger partial charge is 0.239 e. The molecule has 2 unspecified atom stereocenters. The molecule has 18 heavy (non-hydrogen) atoms. The van der Waals surface area contributed by atoms with Crippen LogP contribution in [0.15, 0.2) is 30.3 Å². The normalized spacial score (nSPS) is 15.8. The van der Waals surface area contributed by atoms with Crippen LogP contribution in [0, 0.1) is 0 Å². The molecule has 1 rings (SSSR count). The molecule has 0 saturated carbocycles. The van der Waals surface area contributed by atoms with Gasteiger partial charge in [-0.1, -0.05) is 43.7 Å². The quantitative estimate of drug-likeness (QED) is 0.713. The second-order valence-corrected chi connectivity index (χ2v) is 4.80. The molecular weight excluding hydrogens is 228 g/mol.